The summed E-state index contributed by atoms with van der Waals surface area (Å²) in [6.07, 6.45) is 0.898. The number of carbonyl (C=O) groups is 1. The van der Waals surface area contributed by atoms with Crippen LogP contribution in [0.4, 0.5) is 0 Å². The fraction of sp³-hybridized carbons (Fsp3) is 0.435. The molecule has 0 bridgehead atoms. The lowest BCUT2D eigenvalue weighted by molar-refractivity contribution is -0.132. The Labute approximate surface area is 179 Å². The molecule has 2 aromatic carbocycles. The van der Waals surface area contributed by atoms with E-state index in [2.05, 4.69) is 19.2 Å². The smallest absolute Gasteiger partial charge is 0.243 e. The third-order valence-electron chi connectivity index (χ3n) is 5.19. The Morgan fingerprint density at radius 1 is 1.00 bits per heavy atom. The number of rotatable bonds is 8. The number of hydrogen-bond acceptors (Lipinski definition) is 4. The van der Waals surface area contributed by atoms with Gasteiger partial charge in [-0.2, -0.15) is 4.31 Å². The van der Waals surface area contributed by atoms with E-state index in [9.17, 15) is 13.2 Å². The minimum Gasteiger partial charge on any atom is -0.339 e. The number of nitrogens with one attached hydrogen (secondary N) is 1. The molecule has 0 aromatic heterocycles. The van der Waals surface area contributed by atoms with Crippen molar-refractivity contribution in [3.63, 3.8) is 0 Å². The highest BCUT2D eigenvalue weighted by Crippen LogP contribution is 2.20. The van der Waals surface area contributed by atoms with Crippen LogP contribution in [0.2, 0.25) is 0 Å². The number of hydrogen-bond donors (Lipinski definition) is 1. The second-order valence-electron chi connectivity index (χ2n) is 8.13. The molecule has 162 valence electrons. The summed E-state index contributed by atoms with van der Waals surface area (Å²) in [5, 5.41) is 3.21. The molecule has 1 amide bonds. The fourth-order valence-corrected chi connectivity index (χ4v) is 4.97. The number of carbonyl (C=O) groups excluding carboxylic acids is 1. The maximum Gasteiger partial charge on any atom is 0.243 e. The van der Waals surface area contributed by atoms with Crippen molar-refractivity contribution in [3.05, 3.63) is 65.7 Å². The molecule has 1 saturated heterocycles. The Morgan fingerprint density at radius 3 is 2.23 bits per heavy atom. The minimum absolute atomic E-state index is 0.160. The molecular weight excluding hydrogens is 398 g/mol. The van der Waals surface area contributed by atoms with E-state index in [1.54, 1.807) is 17.0 Å². The molecule has 0 unspecified atom stereocenters. The summed E-state index contributed by atoms with van der Waals surface area (Å²) >= 11 is 0. The predicted molar refractivity (Wildman–Crippen MR) is 118 cm³/mol. The zero-order chi connectivity index (χ0) is 21.6. The van der Waals surface area contributed by atoms with E-state index in [1.165, 1.54) is 4.31 Å². The van der Waals surface area contributed by atoms with Crippen molar-refractivity contribution in [2.75, 3.05) is 32.7 Å². The first kappa shape index (κ1) is 22.5. The first-order valence-electron chi connectivity index (χ1n) is 10.5. The van der Waals surface area contributed by atoms with Gasteiger partial charge in [0.05, 0.1) is 11.4 Å². The third kappa shape index (κ3) is 5.90. The van der Waals surface area contributed by atoms with Crippen LogP contribution < -0.4 is 5.32 Å². The summed E-state index contributed by atoms with van der Waals surface area (Å²) in [4.78, 5) is 14.8. The lowest BCUT2D eigenvalue weighted by atomic mass is 10.0. The van der Waals surface area contributed by atoms with Crippen molar-refractivity contribution in [2.24, 2.45) is 5.92 Å². The number of nitrogens with zero attached hydrogens (tertiary/aromatic N) is 2. The quantitative estimate of drug-likeness (QED) is 0.700. The maximum atomic E-state index is 13.4. The Bertz CT molecular complexity index is 922. The molecule has 0 spiro atoms. The van der Waals surface area contributed by atoms with E-state index in [-0.39, 0.29) is 23.9 Å². The molecule has 6 nitrogen and oxygen atoms in total. The van der Waals surface area contributed by atoms with Gasteiger partial charge in [0, 0.05) is 32.7 Å². The van der Waals surface area contributed by atoms with Gasteiger partial charge in [-0.15, -0.1) is 0 Å². The topological polar surface area (TPSA) is 69.7 Å². The van der Waals surface area contributed by atoms with Crippen LogP contribution in [0.25, 0.3) is 0 Å². The van der Waals surface area contributed by atoms with Gasteiger partial charge in [0.25, 0.3) is 0 Å². The lowest BCUT2D eigenvalue weighted by Gasteiger charge is -2.30. The highest BCUT2D eigenvalue weighted by Gasteiger charge is 2.29. The van der Waals surface area contributed by atoms with Crippen molar-refractivity contribution < 1.29 is 13.2 Å². The van der Waals surface area contributed by atoms with Gasteiger partial charge in [-0.3, -0.25) is 4.79 Å². The van der Waals surface area contributed by atoms with E-state index in [0.29, 0.717) is 19.0 Å². The van der Waals surface area contributed by atoms with Gasteiger partial charge >= 0.3 is 0 Å². The molecule has 0 saturated carbocycles. The van der Waals surface area contributed by atoms with Gasteiger partial charge in [0.1, 0.15) is 0 Å². The van der Waals surface area contributed by atoms with Crippen LogP contribution in [0.5, 0.6) is 0 Å². The molecule has 1 aliphatic heterocycles. The molecule has 1 fully saturated rings. The first-order valence-corrected chi connectivity index (χ1v) is 11.9. The maximum absolute atomic E-state index is 13.4. The predicted octanol–water partition coefficient (Wildman–Crippen LogP) is 2.51. The van der Waals surface area contributed by atoms with Crippen LogP contribution in [0.15, 0.2) is 59.5 Å². The van der Waals surface area contributed by atoms with Crippen LogP contribution in [0.3, 0.4) is 0 Å². The summed E-state index contributed by atoms with van der Waals surface area (Å²) in [7, 11) is -3.81. The number of benzene rings is 2. The third-order valence-corrected chi connectivity index (χ3v) is 6.99. The zero-order valence-electron chi connectivity index (χ0n) is 17.8. The Kier molecular flexibility index (Phi) is 7.64. The monoisotopic (exact) mass is 429 g/mol. The largest absolute Gasteiger partial charge is 0.339 e. The van der Waals surface area contributed by atoms with Gasteiger partial charge < -0.3 is 10.2 Å². The lowest BCUT2D eigenvalue weighted by Crippen LogP contribution is -2.50. The van der Waals surface area contributed by atoms with Gasteiger partial charge in [-0.1, -0.05) is 56.3 Å². The van der Waals surface area contributed by atoms with Crippen LogP contribution in [0, 0.1) is 5.92 Å². The average Bonchev–Trinajstić information content (AvgIpc) is 2.74. The number of amides is 1. The number of sulfonamides is 1. The van der Waals surface area contributed by atoms with E-state index < -0.39 is 10.0 Å². The van der Waals surface area contributed by atoms with Crippen LogP contribution in [0.1, 0.15) is 25.0 Å². The van der Waals surface area contributed by atoms with Crippen molar-refractivity contribution in [1.82, 2.24) is 14.5 Å². The standard InChI is InChI=1S/C23H31N3O3S/c1-19(2)16-20-8-10-22(11-9-20)30(28,29)26(17-21-6-4-3-5-7-21)18-23(27)25-14-12-24-13-15-25/h3-11,19,24H,12-18H2,1-2H3. The van der Waals surface area contributed by atoms with Crippen molar-refractivity contribution in [3.8, 4) is 0 Å². The van der Waals surface area contributed by atoms with Gasteiger partial charge in [-0.05, 0) is 35.6 Å². The van der Waals surface area contributed by atoms with Crippen LogP contribution in [-0.2, 0) is 27.8 Å². The molecule has 30 heavy (non-hydrogen) atoms. The summed E-state index contributed by atoms with van der Waals surface area (Å²) in [5.74, 6) is 0.339. The Balaban J connectivity index is 1.84. The molecule has 2 aromatic rings. The molecule has 7 heteroatoms. The Hall–Kier alpha value is -2.22. The summed E-state index contributed by atoms with van der Waals surface area (Å²) in [5.41, 5.74) is 1.96. The molecule has 1 N–H and O–H groups in total. The van der Waals surface area contributed by atoms with Crippen molar-refractivity contribution >= 4 is 15.9 Å². The van der Waals surface area contributed by atoms with Gasteiger partial charge in [0.2, 0.25) is 15.9 Å². The van der Waals surface area contributed by atoms with E-state index in [0.717, 1.165) is 30.6 Å². The van der Waals surface area contributed by atoms with Crippen molar-refractivity contribution in [2.45, 2.75) is 31.7 Å². The highest BCUT2D eigenvalue weighted by atomic mass is 32.2. The first-order chi connectivity index (χ1) is 14.4. The van der Waals surface area contributed by atoms with E-state index in [1.807, 2.05) is 42.5 Å². The second-order valence-corrected chi connectivity index (χ2v) is 10.1. The van der Waals surface area contributed by atoms with E-state index >= 15 is 0 Å². The summed E-state index contributed by atoms with van der Waals surface area (Å²) in [6.45, 7) is 6.93. The molecule has 1 heterocycles. The van der Waals surface area contributed by atoms with Gasteiger partial charge in [-0.25, -0.2) is 8.42 Å². The zero-order valence-corrected chi connectivity index (χ0v) is 18.6. The summed E-state index contributed by atoms with van der Waals surface area (Å²) in [6, 6.07) is 16.4. The molecular formula is C23H31N3O3S. The molecule has 3 rings (SSSR count). The summed E-state index contributed by atoms with van der Waals surface area (Å²) < 4.78 is 28.2. The Morgan fingerprint density at radius 2 is 1.63 bits per heavy atom. The minimum atomic E-state index is -3.81. The highest BCUT2D eigenvalue weighted by molar-refractivity contribution is 7.89. The number of piperazine rings is 1. The molecule has 0 aliphatic carbocycles. The second kappa shape index (κ2) is 10.2. The fourth-order valence-electron chi connectivity index (χ4n) is 3.60. The van der Waals surface area contributed by atoms with Gasteiger partial charge in [0.15, 0.2) is 0 Å². The average molecular weight is 430 g/mol. The normalized spacial score (nSPS) is 15.0. The molecule has 0 atom stereocenters. The molecule has 1 aliphatic rings. The SMILES string of the molecule is CC(C)Cc1ccc(S(=O)(=O)N(CC(=O)N2CCNCC2)Cc2ccccc2)cc1. The molecule has 0 radical (unpaired) electrons. The van der Waals surface area contributed by atoms with E-state index in [4.69, 9.17) is 0 Å². The van der Waals surface area contributed by atoms with Crippen LogP contribution in [-0.4, -0.2) is 56.3 Å². The van der Waals surface area contributed by atoms with Crippen molar-refractivity contribution in [1.29, 1.82) is 0 Å². The van der Waals surface area contributed by atoms with Crippen LogP contribution >= 0.6 is 0 Å².